The standard InChI is InChI=1S/C22H22ClNO6S/c1-15(2)13-24(31(27,28)21-4-3-11-29-21)19-10-9-18(23)12-20(19)30-14-16-5-7-17(8-6-16)22(25)26/h3-12,15H,13-14H2,1-2H3,(H,25,26). The van der Waals surface area contributed by atoms with Gasteiger partial charge in [-0.15, -0.1) is 0 Å². The number of rotatable bonds is 9. The molecule has 0 spiro atoms. The van der Waals surface area contributed by atoms with Crippen LogP contribution in [0.1, 0.15) is 29.8 Å². The predicted molar refractivity (Wildman–Crippen MR) is 117 cm³/mol. The zero-order valence-corrected chi connectivity index (χ0v) is 18.6. The van der Waals surface area contributed by atoms with Gasteiger partial charge in [-0.2, -0.15) is 8.42 Å². The predicted octanol–water partition coefficient (Wildman–Crippen LogP) is 5.06. The first-order chi connectivity index (χ1) is 14.7. The van der Waals surface area contributed by atoms with Gasteiger partial charge in [0.25, 0.3) is 10.0 Å². The summed E-state index contributed by atoms with van der Waals surface area (Å²) in [6.07, 6.45) is 1.31. The van der Waals surface area contributed by atoms with E-state index in [1.807, 2.05) is 13.8 Å². The third-order valence-corrected chi connectivity index (χ3v) is 6.26. The van der Waals surface area contributed by atoms with Crippen molar-refractivity contribution in [1.29, 1.82) is 0 Å². The molecule has 9 heteroatoms. The number of aromatic carboxylic acids is 1. The van der Waals surface area contributed by atoms with E-state index < -0.39 is 16.0 Å². The number of sulfonamides is 1. The maximum absolute atomic E-state index is 13.2. The van der Waals surface area contributed by atoms with E-state index in [0.29, 0.717) is 10.7 Å². The highest BCUT2D eigenvalue weighted by molar-refractivity contribution is 7.92. The fourth-order valence-electron chi connectivity index (χ4n) is 2.89. The number of halogens is 1. The lowest BCUT2D eigenvalue weighted by Gasteiger charge is -2.27. The Labute approximate surface area is 185 Å². The number of hydrogen-bond acceptors (Lipinski definition) is 5. The van der Waals surface area contributed by atoms with Crippen LogP contribution in [0.5, 0.6) is 5.75 Å². The Hall–Kier alpha value is -2.97. The molecule has 31 heavy (non-hydrogen) atoms. The summed E-state index contributed by atoms with van der Waals surface area (Å²) in [5.74, 6) is -0.709. The van der Waals surface area contributed by atoms with E-state index in [1.165, 1.54) is 34.8 Å². The van der Waals surface area contributed by atoms with Crippen molar-refractivity contribution in [3.05, 3.63) is 77.0 Å². The molecule has 0 fully saturated rings. The maximum atomic E-state index is 13.2. The number of nitrogens with zero attached hydrogens (tertiary/aromatic N) is 1. The summed E-state index contributed by atoms with van der Waals surface area (Å²) in [6, 6.07) is 13.9. The number of carboxylic acids is 1. The molecule has 0 saturated carbocycles. The second-order valence-electron chi connectivity index (χ2n) is 7.26. The van der Waals surface area contributed by atoms with Crippen LogP contribution in [0.2, 0.25) is 5.02 Å². The number of carbonyl (C=O) groups is 1. The van der Waals surface area contributed by atoms with Gasteiger partial charge in [0.1, 0.15) is 12.4 Å². The van der Waals surface area contributed by atoms with Gasteiger partial charge in [0.15, 0.2) is 0 Å². The van der Waals surface area contributed by atoms with E-state index in [0.717, 1.165) is 5.56 Å². The topological polar surface area (TPSA) is 97.0 Å². The van der Waals surface area contributed by atoms with Crippen LogP contribution in [0.25, 0.3) is 0 Å². The Balaban J connectivity index is 1.95. The molecule has 3 rings (SSSR count). The number of anilines is 1. The van der Waals surface area contributed by atoms with Crippen LogP contribution in [0.4, 0.5) is 5.69 Å². The molecule has 0 amide bonds. The Kier molecular flexibility index (Phi) is 6.92. The number of benzene rings is 2. The van der Waals surface area contributed by atoms with Gasteiger partial charge < -0.3 is 14.3 Å². The zero-order valence-electron chi connectivity index (χ0n) is 17.0. The van der Waals surface area contributed by atoms with E-state index in [1.54, 1.807) is 30.3 Å². The van der Waals surface area contributed by atoms with E-state index >= 15 is 0 Å². The lowest BCUT2D eigenvalue weighted by molar-refractivity contribution is 0.0697. The maximum Gasteiger partial charge on any atom is 0.335 e. The molecule has 1 heterocycles. The Morgan fingerprint density at radius 3 is 2.45 bits per heavy atom. The number of ether oxygens (including phenoxy) is 1. The average Bonchev–Trinajstić information content (AvgIpc) is 3.27. The summed E-state index contributed by atoms with van der Waals surface area (Å²) in [7, 11) is -3.96. The summed E-state index contributed by atoms with van der Waals surface area (Å²) in [6.45, 7) is 4.12. The van der Waals surface area contributed by atoms with Crippen LogP contribution >= 0.6 is 11.6 Å². The van der Waals surface area contributed by atoms with Crippen LogP contribution in [0.15, 0.2) is 70.4 Å². The van der Waals surface area contributed by atoms with Crippen molar-refractivity contribution in [2.24, 2.45) is 5.92 Å². The SMILES string of the molecule is CC(C)CN(c1ccc(Cl)cc1OCc1ccc(C(=O)O)cc1)S(=O)(=O)c1ccco1. The molecule has 3 aromatic rings. The van der Waals surface area contributed by atoms with Gasteiger partial charge >= 0.3 is 5.97 Å². The molecular weight excluding hydrogens is 442 g/mol. The average molecular weight is 464 g/mol. The minimum atomic E-state index is -3.96. The van der Waals surface area contributed by atoms with Gasteiger partial charge in [0, 0.05) is 17.6 Å². The van der Waals surface area contributed by atoms with E-state index in [-0.39, 0.29) is 35.5 Å². The van der Waals surface area contributed by atoms with Crippen LogP contribution < -0.4 is 9.04 Å². The smallest absolute Gasteiger partial charge is 0.335 e. The highest BCUT2D eigenvalue weighted by Gasteiger charge is 2.30. The van der Waals surface area contributed by atoms with Crippen molar-refractivity contribution in [2.75, 3.05) is 10.8 Å². The molecule has 0 radical (unpaired) electrons. The quantitative estimate of drug-likeness (QED) is 0.476. The number of furan rings is 1. The molecule has 0 bridgehead atoms. The summed E-state index contributed by atoms with van der Waals surface area (Å²) in [5, 5.41) is 9.24. The van der Waals surface area contributed by atoms with Gasteiger partial charge in [-0.25, -0.2) is 4.79 Å². The number of hydrogen-bond donors (Lipinski definition) is 1. The van der Waals surface area contributed by atoms with Crippen molar-refractivity contribution in [3.63, 3.8) is 0 Å². The van der Waals surface area contributed by atoms with Crippen molar-refractivity contribution in [2.45, 2.75) is 25.5 Å². The normalized spacial score (nSPS) is 11.5. The lowest BCUT2D eigenvalue weighted by atomic mass is 10.1. The van der Waals surface area contributed by atoms with Gasteiger partial charge in [-0.1, -0.05) is 37.6 Å². The Morgan fingerprint density at radius 2 is 1.87 bits per heavy atom. The van der Waals surface area contributed by atoms with E-state index in [2.05, 4.69) is 0 Å². The second-order valence-corrected chi connectivity index (χ2v) is 9.49. The number of carboxylic acid groups (broad SMARTS) is 1. The van der Waals surface area contributed by atoms with Gasteiger partial charge in [0.05, 0.1) is 17.5 Å². The van der Waals surface area contributed by atoms with Crippen molar-refractivity contribution >= 4 is 33.3 Å². The van der Waals surface area contributed by atoms with Crippen LogP contribution in [0, 0.1) is 5.92 Å². The Morgan fingerprint density at radius 1 is 1.16 bits per heavy atom. The monoisotopic (exact) mass is 463 g/mol. The molecule has 0 atom stereocenters. The first kappa shape index (κ1) is 22.7. The van der Waals surface area contributed by atoms with Crippen molar-refractivity contribution in [1.82, 2.24) is 0 Å². The van der Waals surface area contributed by atoms with Gasteiger partial charge in [-0.3, -0.25) is 4.31 Å². The summed E-state index contributed by atoms with van der Waals surface area (Å²) >= 11 is 6.15. The first-order valence-electron chi connectivity index (χ1n) is 9.49. The molecule has 1 N–H and O–H groups in total. The summed E-state index contributed by atoms with van der Waals surface area (Å²) < 4.78 is 38.8. The fraction of sp³-hybridized carbons (Fsp3) is 0.227. The zero-order chi connectivity index (χ0) is 22.6. The molecule has 1 aromatic heterocycles. The van der Waals surface area contributed by atoms with Crippen LogP contribution in [-0.4, -0.2) is 26.0 Å². The minimum absolute atomic E-state index is 0.0248. The first-order valence-corrected chi connectivity index (χ1v) is 11.3. The Bertz CT molecular complexity index is 1140. The fourth-order valence-corrected chi connectivity index (χ4v) is 4.60. The molecular formula is C22H22ClNO6S. The van der Waals surface area contributed by atoms with Gasteiger partial charge in [-0.05, 0) is 47.9 Å². The largest absolute Gasteiger partial charge is 0.487 e. The minimum Gasteiger partial charge on any atom is -0.487 e. The van der Waals surface area contributed by atoms with E-state index in [4.69, 9.17) is 25.9 Å². The molecule has 0 aliphatic rings. The van der Waals surface area contributed by atoms with E-state index in [9.17, 15) is 13.2 Å². The highest BCUT2D eigenvalue weighted by Crippen LogP contribution is 2.36. The molecule has 0 saturated heterocycles. The summed E-state index contributed by atoms with van der Waals surface area (Å²) in [4.78, 5) is 11.0. The second kappa shape index (κ2) is 9.45. The molecule has 164 valence electrons. The molecule has 7 nitrogen and oxygen atoms in total. The third-order valence-electron chi connectivity index (χ3n) is 4.36. The van der Waals surface area contributed by atoms with Crippen LogP contribution in [-0.2, 0) is 16.6 Å². The molecule has 0 aliphatic heterocycles. The van der Waals surface area contributed by atoms with Gasteiger partial charge in [0.2, 0.25) is 5.09 Å². The molecule has 2 aromatic carbocycles. The summed E-state index contributed by atoms with van der Waals surface area (Å²) in [5.41, 5.74) is 1.22. The highest BCUT2D eigenvalue weighted by atomic mass is 35.5. The van der Waals surface area contributed by atoms with Crippen molar-refractivity contribution < 1.29 is 27.5 Å². The van der Waals surface area contributed by atoms with Crippen molar-refractivity contribution in [3.8, 4) is 5.75 Å². The lowest BCUT2D eigenvalue weighted by Crippen LogP contribution is -2.34. The third kappa shape index (κ3) is 5.39. The molecule has 0 aliphatic carbocycles. The van der Waals surface area contributed by atoms with Crippen LogP contribution in [0.3, 0.4) is 0 Å². The molecule has 0 unspecified atom stereocenters.